The van der Waals surface area contributed by atoms with Crippen molar-refractivity contribution in [3.63, 3.8) is 0 Å². The van der Waals surface area contributed by atoms with E-state index in [0.717, 1.165) is 12.8 Å². The van der Waals surface area contributed by atoms with Crippen molar-refractivity contribution in [1.29, 1.82) is 0 Å². The molecule has 1 aliphatic heterocycles. The van der Waals surface area contributed by atoms with E-state index >= 15 is 0 Å². The van der Waals surface area contributed by atoms with E-state index in [1.807, 2.05) is 4.90 Å². The molecule has 2 heterocycles. The molecule has 1 atom stereocenters. The van der Waals surface area contributed by atoms with Gasteiger partial charge in [-0.1, -0.05) is 0 Å². The average Bonchev–Trinajstić information content (AvgIpc) is 2.84. The van der Waals surface area contributed by atoms with Crippen LogP contribution < -0.4 is 16.0 Å². The summed E-state index contributed by atoms with van der Waals surface area (Å²) in [7, 11) is 2.49. The summed E-state index contributed by atoms with van der Waals surface area (Å²) in [4.78, 5) is 46.7. The predicted octanol–water partition coefficient (Wildman–Crippen LogP) is 2.16. The number of anilines is 4. The number of benzene rings is 1. The molecule has 0 bridgehead atoms. The minimum atomic E-state index is -0.613. The number of carbonyl (C=O) groups is 3. The number of methoxy groups -OCH3 is 2. The lowest BCUT2D eigenvalue weighted by atomic mass is 9.98. The Bertz CT molecular complexity index is 1010. The molecular weight excluding hydrogens is 430 g/mol. The van der Waals surface area contributed by atoms with E-state index in [9.17, 15) is 14.4 Å². The monoisotopic (exact) mass is 457 g/mol. The number of rotatable bonds is 7. The molecule has 0 aliphatic carbocycles. The van der Waals surface area contributed by atoms with Crippen molar-refractivity contribution in [2.75, 3.05) is 49.9 Å². The maximum Gasteiger partial charge on any atom is 0.337 e. The van der Waals surface area contributed by atoms with Crippen molar-refractivity contribution in [3.8, 4) is 0 Å². The molecule has 3 rings (SSSR count). The van der Waals surface area contributed by atoms with E-state index in [1.54, 1.807) is 6.92 Å². The molecule has 1 aromatic carbocycles. The second kappa shape index (κ2) is 10.6. The van der Waals surface area contributed by atoms with Gasteiger partial charge in [0, 0.05) is 18.8 Å². The molecule has 0 amide bonds. The lowest BCUT2D eigenvalue weighted by Gasteiger charge is -2.33. The lowest BCUT2D eigenvalue weighted by molar-refractivity contribution is -0.148. The van der Waals surface area contributed by atoms with Crippen LogP contribution in [0, 0.1) is 5.92 Å². The van der Waals surface area contributed by atoms with Gasteiger partial charge >= 0.3 is 17.9 Å². The Labute approximate surface area is 191 Å². The molecule has 1 aromatic heterocycles. The first-order valence-corrected chi connectivity index (χ1v) is 10.5. The molecule has 2 aromatic rings. The van der Waals surface area contributed by atoms with Crippen molar-refractivity contribution in [1.82, 2.24) is 9.97 Å². The van der Waals surface area contributed by atoms with Gasteiger partial charge in [0.2, 0.25) is 0 Å². The molecule has 11 heteroatoms. The van der Waals surface area contributed by atoms with Crippen LogP contribution in [-0.2, 0) is 19.0 Å². The van der Waals surface area contributed by atoms with Gasteiger partial charge in [-0.25, -0.2) is 19.6 Å². The highest BCUT2D eigenvalue weighted by Crippen LogP contribution is 2.32. The molecule has 1 fully saturated rings. The Balaban J connectivity index is 1.89. The van der Waals surface area contributed by atoms with E-state index in [4.69, 9.17) is 19.9 Å². The van der Waals surface area contributed by atoms with Crippen LogP contribution in [0.3, 0.4) is 0 Å². The number of nitrogen functional groups attached to an aromatic ring is 1. The van der Waals surface area contributed by atoms with Crippen molar-refractivity contribution >= 4 is 40.9 Å². The molecule has 1 saturated heterocycles. The number of carbonyl (C=O) groups excluding carboxylic acids is 3. The quantitative estimate of drug-likeness (QED) is 0.466. The van der Waals surface area contributed by atoms with E-state index < -0.39 is 11.9 Å². The highest BCUT2D eigenvalue weighted by molar-refractivity contribution is 5.97. The van der Waals surface area contributed by atoms with E-state index in [-0.39, 0.29) is 34.5 Å². The molecule has 176 valence electrons. The summed E-state index contributed by atoms with van der Waals surface area (Å²) in [5.74, 6) is -0.946. The lowest BCUT2D eigenvalue weighted by Crippen LogP contribution is -2.40. The largest absolute Gasteiger partial charge is 0.466 e. The third-order valence-corrected chi connectivity index (χ3v) is 5.24. The summed E-state index contributed by atoms with van der Waals surface area (Å²) in [6.07, 6.45) is 2.88. The molecule has 11 nitrogen and oxygen atoms in total. The van der Waals surface area contributed by atoms with Crippen LogP contribution >= 0.6 is 0 Å². The number of esters is 3. The first kappa shape index (κ1) is 23.8. The molecule has 33 heavy (non-hydrogen) atoms. The van der Waals surface area contributed by atoms with E-state index in [0.29, 0.717) is 31.2 Å². The van der Waals surface area contributed by atoms with Crippen LogP contribution in [0.1, 0.15) is 40.5 Å². The van der Waals surface area contributed by atoms with Crippen molar-refractivity contribution in [2.24, 2.45) is 5.92 Å². The van der Waals surface area contributed by atoms with Crippen molar-refractivity contribution < 1.29 is 28.6 Å². The molecule has 0 saturated carbocycles. The minimum absolute atomic E-state index is 0.157. The fourth-order valence-electron chi connectivity index (χ4n) is 3.67. The number of hydrogen-bond acceptors (Lipinski definition) is 11. The molecule has 1 aliphatic rings. The van der Waals surface area contributed by atoms with Crippen LogP contribution in [0.25, 0.3) is 0 Å². The van der Waals surface area contributed by atoms with Crippen molar-refractivity contribution in [2.45, 2.75) is 19.8 Å². The average molecular weight is 457 g/mol. The number of nitrogens with two attached hydrogens (primary N) is 1. The number of aromatic nitrogens is 2. The standard InChI is InChI=1S/C22H27N5O6/c1-4-33-22(30)13-6-5-7-27(11-13)19-17(23)18(24-12-25-19)26-16-9-14(20(28)31-2)8-15(10-16)21(29)32-3/h8-10,12-13H,4-7,11,23H2,1-3H3,(H,24,25,26). The van der Waals surface area contributed by atoms with Gasteiger partial charge in [0.05, 0.1) is 37.9 Å². The first-order chi connectivity index (χ1) is 15.9. The fourth-order valence-corrected chi connectivity index (χ4v) is 3.67. The Morgan fingerprint density at radius 3 is 2.39 bits per heavy atom. The highest BCUT2D eigenvalue weighted by atomic mass is 16.5. The summed E-state index contributed by atoms with van der Waals surface area (Å²) in [6, 6.07) is 4.40. The summed E-state index contributed by atoms with van der Waals surface area (Å²) in [5, 5.41) is 3.03. The molecule has 0 spiro atoms. The van der Waals surface area contributed by atoms with E-state index in [2.05, 4.69) is 15.3 Å². The predicted molar refractivity (Wildman–Crippen MR) is 120 cm³/mol. The first-order valence-electron chi connectivity index (χ1n) is 10.5. The highest BCUT2D eigenvalue weighted by Gasteiger charge is 2.29. The number of nitrogens with one attached hydrogen (secondary N) is 1. The van der Waals surface area contributed by atoms with Gasteiger partial charge in [-0.15, -0.1) is 0 Å². The van der Waals surface area contributed by atoms with Gasteiger partial charge in [0.15, 0.2) is 11.6 Å². The zero-order valence-corrected chi connectivity index (χ0v) is 18.8. The van der Waals surface area contributed by atoms with Crippen LogP contribution in [0.2, 0.25) is 0 Å². The number of hydrogen-bond donors (Lipinski definition) is 2. The molecule has 1 unspecified atom stereocenters. The summed E-state index contributed by atoms with van der Waals surface area (Å²) in [6.45, 7) is 3.22. The zero-order valence-electron chi connectivity index (χ0n) is 18.8. The summed E-state index contributed by atoms with van der Waals surface area (Å²) >= 11 is 0. The van der Waals surface area contributed by atoms with E-state index in [1.165, 1.54) is 38.7 Å². The summed E-state index contributed by atoms with van der Waals surface area (Å²) < 4.78 is 14.7. The van der Waals surface area contributed by atoms with Crippen LogP contribution in [0.4, 0.5) is 23.0 Å². The Hall–Kier alpha value is -3.89. The topological polar surface area (TPSA) is 146 Å². The Morgan fingerprint density at radius 1 is 1.12 bits per heavy atom. The zero-order chi connectivity index (χ0) is 24.0. The van der Waals surface area contributed by atoms with Gasteiger partial charge in [-0.05, 0) is 38.0 Å². The molecule has 3 N–H and O–H groups in total. The van der Waals surface area contributed by atoms with Crippen LogP contribution in [-0.4, -0.2) is 61.8 Å². The van der Waals surface area contributed by atoms with Gasteiger partial charge in [0.25, 0.3) is 0 Å². The van der Waals surface area contributed by atoms with Gasteiger partial charge in [0.1, 0.15) is 12.0 Å². The van der Waals surface area contributed by atoms with Crippen molar-refractivity contribution in [3.05, 3.63) is 35.7 Å². The van der Waals surface area contributed by atoms with Crippen LogP contribution in [0.15, 0.2) is 24.5 Å². The molecule has 0 radical (unpaired) electrons. The number of ether oxygens (including phenoxy) is 3. The normalized spacial score (nSPS) is 15.5. The third kappa shape index (κ3) is 5.48. The Kier molecular flexibility index (Phi) is 7.65. The van der Waals surface area contributed by atoms with Gasteiger partial charge < -0.3 is 30.2 Å². The maximum atomic E-state index is 12.2. The smallest absolute Gasteiger partial charge is 0.337 e. The molecular formula is C22H27N5O6. The Morgan fingerprint density at radius 2 is 1.79 bits per heavy atom. The van der Waals surface area contributed by atoms with Crippen LogP contribution in [0.5, 0.6) is 0 Å². The third-order valence-electron chi connectivity index (χ3n) is 5.24. The summed E-state index contributed by atoms with van der Waals surface area (Å²) in [5.41, 5.74) is 7.33. The van der Waals surface area contributed by atoms with Gasteiger partial charge in [-0.3, -0.25) is 4.79 Å². The SMILES string of the molecule is CCOC(=O)C1CCCN(c2ncnc(Nc3cc(C(=O)OC)cc(C(=O)OC)c3)c2N)C1. The maximum absolute atomic E-state index is 12.2. The second-order valence-corrected chi connectivity index (χ2v) is 7.40. The number of piperidine rings is 1. The number of nitrogens with zero attached hydrogens (tertiary/aromatic N) is 3. The van der Waals surface area contributed by atoms with Gasteiger partial charge in [-0.2, -0.15) is 0 Å². The second-order valence-electron chi connectivity index (χ2n) is 7.40. The minimum Gasteiger partial charge on any atom is -0.466 e. The fraction of sp³-hybridized carbons (Fsp3) is 0.409.